The number of fused-ring (bicyclic) bond motifs is 2. The van der Waals surface area contributed by atoms with Crippen molar-refractivity contribution in [3.63, 3.8) is 0 Å². The third-order valence-electron chi connectivity index (χ3n) is 4.36. The maximum atomic E-state index is 12.7. The quantitative estimate of drug-likeness (QED) is 0.506. The van der Waals surface area contributed by atoms with Crippen LogP contribution in [0.3, 0.4) is 0 Å². The van der Waals surface area contributed by atoms with E-state index in [1.165, 1.54) is 24.5 Å². The number of aromatic nitrogens is 1. The number of carbonyl (C=O) groups is 1. The maximum Gasteiger partial charge on any atom is 0.349 e. The third-order valence-corrected chi connectivity index (χ3v) is 5.29. The van der Waals surface area contributed by atoms with Gasteiger partial charge >= 0.3 is 5.63 Å². The van der Waals surface area contributed by atoms with E-state index in [0.717, 1.165) is 22.3 Å². The first-order chi connectivity index (χ1) is 13.9. The molecule has 0 atom stereocenters. The van der Waals surface area contributed by atoms with E-state index in [9.17, 15) is 9.59 Å². The fourth-order valence-electron chi connectivity index (χ4n) is 3.09. The van der Waals surface area contributed by atoms with Gasteiger partial charge in [0, 0.05) is 11.9 Å². The van der Waals surface area contributed by atoms with Crippen LogP contribution in [0.2, 0.25) is 0 Å². The van der Waals surface area contributed by atoms with Gasteiger partial charge in [0.25, 0.3) is 5.91 Å². The molecule has 148 valence electrons. The Balaban J connectivity index is 1.64. The van der Waals surface area contributed by atoms with Crippen LogP contribution >= 0.6 is 11.3 Å². The molecule has 8 heteroatoms. The predicted octanol–water partition coefficient (Wildman–Crippen LogP) is 3.73. The maximum absolute atomic E-state index is 12.7. The number of nitrogens with zero attached hydrogens (tertiary/aromatic N) is 2. The summed E-state index contributed by atoms with van der Waals surface area (Å²) in [4.78, 5) is 31.5. The van der Waals surface area contributed by atoms with Gasteiger partial charge in [-0.1, -0.05) is 29.5 Å². The summed E-state index contributed by atoms with van der Waals surface area (Å²) in [7, 11) is 5.51. The first-order valence-electron chi connectivity index (χ1n) is 8.91. The first kappa shape index (κ1) is 19.1. The number of anilines is 1. The lowest BCUT2D eigenvalue weighted by Crippen LogP contribution is -2.20. The van der Waals surface area contributed by atoms with Crippen LogP contribution in [0.5, 0.6) is 5.75 Å². The molecule has 1 amide bonds. The largest absolute Gasteiger partial charge is 0.493 e. The number of ether oxygens (including phenoxy) is 1. The van der Waals surface area contributed by atoms with E-state index in [1.54, 1.807) is 18.2 Å². The van der Waals surface area contributed by atoms with Crippen molar-refractivity contribution in [3.8, 4) is 5.75 Å². The molecule has 0 aliphatic carbocycles. The number of benzene rings is 2. The molecular formula is C21H19N3O4S. The number of nitrogens with one attached hydrogen (secondary N) is 1. The van der Waals surface area contributed by atoms with Crippen LogP contribution in [-0.2, 0) is 6.54 Å². The molecule has 0 radical (unpaired) electrons. The van der Waals surface area contributed by atoms with E-state index in [2.05, 4.69) is 21.3 Å². The number of para-hydroxylation sites is 1. The molecule has 1 N–H and O–H groups in total. The highest BCUT2D eigenvalue weighted by molar-refractivity contribution is 7.22. The van der Waals surface area contributed by atoms with Gasteiger partial charge in [-0.2, -0.15) is 0 Å². The molecule has 0 fully saturated rings. The van der Waals surface area contributed by atoms with Crippen LogP contribution in [0.1, 0.15) is 15.9 Å². The summed E-state index contributed by atoms with van der Waals surface area (Å²) in [6.07, 6.45) is 0. The molecule has 0 saturated heterocycles. The SMILES string of the molecule is COc1cccc2cc(C(=O)Nc3nc4ccc(CN(C)C)cc4s3)c(=O)oc12. The standard InChI is InChI=1S/C21H19N3O4S/c1-24(2)11-12-7-8-15-17(9-12)29-21(22-15)23-19(25)14-10-13-5-4-6-16(27-3)18(13)28-20(14)26/h4-10H,11H2,1-3H3,(H,22,23,25). The second-order valence-electron chi connectivity index (χ2n) is 6.84. The zero-order valence-corrected chi connectivity index (χ0v) is 17.0. The van der Waals surface area contributed by atoms with Crippen LogP contribution in [0.15, 0.2) is 51.7 Å². The molecule has 0 aliphatic rings. The van der Waals surface area contributed by atoms with Crippen molar-refractivity contribution in [2.75, 3.05) is 26.5 Å². The molecule has 4 aromatic rings. The fraction of sp³-hybridized carbons (Fsp3) is 0.190. The van der Waals surface area contributed by atoms with Crippen molar-refractivity contribution in [3.05, 3.63) is 64.0 Å². The average Bonchev–Trinajstić information content (AvgIpc) is 3.07. The number of hydrogen-bond acceptors (Lipinski definition) is 7. The summed E-state index contributed by atoms with van der Waals surface area (Å²) in [5.41, 5.74) is 1.45. The Morgan fingerprint density at radius 3 is 2.83 bits per heavy atom. The average molecular weight is 409 g/mol. The van der Waals surface area contributed by atoms with Crippen LogP contribution in [-0.4, -0.2) is 37.0 Å². The fourth-order valence-corrected chi connectivity index (χ4v) is 4.01. The first-order valence-corrected chi connectivity index (χ1v) is 9.72. The zero-order valence-electron chi connectivity index (χ0n) is 16.2. The number of hydrogen-bond donors (Lipinski definition) is 1. The highest BCUT2D eigenvalue weighted by atomic mass is 32.1. The Morgan fingerprint density at radius 2 is 2.07 bits per heavy atom. The second kappa shape index (κ2) is 7.65. The van der Waals surface area contributed by atoms with Crippen LogP contribution in [0.4, 0.5) is 5.13 Å². The van der Waals surface area contributed by atoms with Gasteiger partial charge < -0.3 is 14.1 Å². The van der Waals surface area contributed by atoms with Gasteiger partial charge in [0.1, 0.15) is 5.56 Å². The summed E-state index contributed by atoms with van der Waals surface area (Å²) in [6, 6.07) is 12.7. The van der Waals surface area contributed by atoms with Crippen molar-refractivity contribution in [1.29, 1.82) is 0 Å². The van der Waals surface area contributed by atoms with Crippen LogP contribution in [0, 0.1) is 0 Å². The summed E-state index contributed by atoms with van der Waals surface area (Å²) < 4.78 is 11.5. The van der Waals surface area contributed by atoms with E-state index in [0.29, 0.717) is 21.9 Å². The highest BCUT2D eigenvalue weighted by Crippen LogP contribution is 2.28. The number of methoxy groups -OCH3 is 1. The van der Waals surface area contributed by atoms with E-state index in [-0.39, 0.29) is 5.56 Å². The van der Waals surface area contributed by atoms with Crippen molar-refractivity contribution >= 4 is 43.6 Å². The van der Waals surface area contributed by atoms with Gasteiger partial charge in [-0.3, -0.25) is 10.1 Å². The monoisotopic (exact) mass is 409 g/mol. The smallest absolute Gasteiger partial charge is 0.349 e. The molecule has 0 saturated carbocycles. The predicted molar refractivity (Wildman–Crippen MR) is 114 cm³/mol. The summed E-state index contributed by atoms with van der Waals surface area (Å²) >= 11 is 1.36. The lowest BCUT2D eigenvalue weighted by atomic mass is 10.1. The van der Waals surface area contributed by atoms with Gasteiger partial charge in [0.05, 0.1) is 17.3 Å². The molecule has 2 aromatic carbocycles. The van der Waals surface area contributed by atoms with E-state index >= 15 is 0 Å². The van der Waals surface area contributed by atoms with E-state index in [1.807, 2.05) is 26.2 Å². The lowest BCUT2D eigenvalue weighted by Gasteiger charge is -2.08. The van der Waals surface area contributed by atoms with Gasteiger partial charge in [-0.25, -0.2) is 9.78 Å². The summed E-state index contributed by atoms with van der Waals surface area (Å²) in [5, 5.41) is 3.74. The van der Waals surface area contributed by atoms with Gasteiger partial charge in [0.2, 0.25) is 0 Å². The lowest BCUT2D eigenvalue weighted by molar-refractivity contribution is 0.102. The summed E-state index contributed by atoms with van der Waals surface area (Å²) in [6.45, 7) is 0.817. The zero-order chi connectivity index (χ0) is 20.5. The minimum atomic E-state index is -0.728. The third kappa shape index (κ3) is 3.85. The minimum absolute atomic E-state index is 0.0849. The van der Waals surface area contributed by atoms with Gasteiger partial charge in [0.15, 0.2) is 16.5 Å². The molecular weight excluding hydrogens is 390 g/mol. The summed E-state index contributed by atoms with van der Waals surface area (Å²) in [5.74, 6) is -0.123. The second-order valence-corrected chi connectivity index (χ2v) is 7.87. The minimum Gasteiger partial charge on any atom is -0.493 e. The molecule has 29 heavy (non-hydrogen) atoms. The normalized spacial score (nSPS) is 11.3. The highest BCUT2D eigenvalue weighted by Gasteiger charge is 2.17. The number of thiazole rings is 1. The molecule has 0 unspecified atom stereocenters. The Labute approximate surface area is 170 Å². The number of amides is 1. The molecule has 7 nitrogen and oxygen atoms in total. The van der Waals surface area contributed by atoms with Gasteiger partial charge in [-0.05, 0) is 43.9 Å². The van der Waals surface area contributed by atoms with Gasteiger partial charge in [-0.15, -0.1) is 0 Å². The van der Waals surface area contributed by atoms with Crippen LogP contribution in [0.25, 0.3) is 21.2 Å². The molecule has 4 rings (SSSR count). The number of carbonyl (C=O) groups excluding carboxylic acids is 1. The molecule has 2 aromatic heterocycles. The van der Waals surface area contributed by atoms with Crippen molar-refractivity contribution in [2.45, 2.75) is 6.54 Å². The Morgan fingerprint density at radius 1 is 1.24 bits per heavy atom. The van der Waals surface area contributed by atoms with Crippen molar-refractivity contribution in [1.82, 2.24) is 9.88 Å². The molecule has 0 spiro atoms. The molecule has 0 bridgehead atoms. The van der Waals surface area contributed by atoms with Crippen molar-refractivity contribution < 1.29 is 13.9 Å². The Kier molecular flexibility index (Phi) is 5.04. The Bertz CT molecular complexity index is 1280. The topological polar surface area (TPSA) is 84.7 Å². The van der Waals surface area contributed by atoms with Crippen molar-refractivity contribution in [2.24, 2.45) is 0 Å². The van der Waals surface area contributed by atoms with E-state index in [4.69, 9.17) is 9.15 Å². The van der Waals surface area contributed by atoms with Crippen LogP contribution < -0.4 is 15.7 Å². The van der Waals surface area contributed by atoms with E-state index < -0.39 is 11.5 Å². The molecule has 0 aliphatic heterocycles. The molecule has 2 heterocycles. The Hall–Kier alpha value is -3.23. The number of rotatable bonds is 5.